The highest BCUT2D eigenvalue weighted by Crippen LogP contribution is 2.33. The largest absolute Gasteiger partial charge is 0.0683 e. The van der Waals surface area contributed by atoms with E-state index in [1.54, 1.807) is 0 Å². The molecule has 16 heavy (non-hydrogen) atoms. The molecule has 0 aromatic heterocycles. The van der Waals surface area contributed by atoms with Crippen LogP contribution in [0.15, 0.2) is 18.2 Å². The zero-order valence-corrected chi connectivity index (χ0v) is 12.1. The van der Waals surface area contributed by atoms with Crippen molar-refractivity contribution in [3.05, 3.63) is 34.9 Å². The van der Waals surface area contributed by atoms with Crippen LogP contribution < -0.4 is 0 Å². The Hall–Kier alpha value is -0.780. The zero-order chi connectivity index (χ0) is 12.8. The highest BCUT2D eigenvalue weighted by molar-refractivity contribution is 5.35. The van der Waals surface area contributed by atoms with Gasteiger partial charge in [0.25, 0.3) is 0 Å². The van der Waals surface area contributed by atoms with Gasteiger partial charge in [-0.15, -0.1) is 0 Å². The molecule has 0 saturated heterocycles. The lowest BCUT2D eigenvalue weighted by Crippen LogP contribution is -2.20. The fraction of sp³-hybridized carbons (Fsp3) is 0.625. The van der Waals surface area contributed by atoms with Crippen LogP contribution in [0.3, 0.4) is 0 Å². The molecule has 92 valence electrons. The second kappa shape index (κ2) is 6.73. The monoisotopic (exact) mass is 220 g/mol. The molecule has 0 heteroatoms. The summed E-state index contributed by atoms with van der Waals surface area (Å²) in [6, 6.07) is 6.82. The van der Waals surface area contributed by atoms with Crippen molar-refractivity contribution in [3.63, 3.8) is 0 Å². The van der Waals surface area contributed by atoms with Gasteiger partial charge in [-0.25, -0.2) is 0 Å². The maximum atomic E-state index is 2.37. The predicted octanol–water partition coefficient (Wildman–Crippen LogP) is 5.41. The van der Waals surface area contributed by atoms with Crippen molar-refractivity contribution in [3.8, 4) is 0 Å². The second-order valence-electron chi connectivity index (χ2n) is 4.59. The zero-order valence-electron chi connectivity index (χ0n) is 12.1. The summed E-state index contributed by atoms with van der Waals surface area (Å²) >= 11 is 0. The molecule has 0 amide bonds. The molecule has 1 aromatic carbocycles. The number of aryl methyl sites for hydroxylation is 2. The molecule has 1 aromatic rings. The maximum Gasteiger partial charge on any atom is -0.00779 e. The number of rotatable bonds is 3. The van der Waals surface area contributed by atoms with E-state index in [2.05, 4.69) is 52.8 Å². The van der Waals surface area contributed by atoms with E-state index in [9.17, 15) is 0 Å². The summed E-state index contributed by atoms with van der Waals surface area (Å²) in [5, 5.41) is 0. The van der Waals surface area contributed by atoms with Gasteiger partial charge < -0.3 is 0 Å². The smallest absolute Gasteiger partial charge is 0.00779 e. The van der Waals surface area contributed by atoms with Crippen LogP contribution in [0.4, 0.5) is 0 Å². The van der Waals surface area contributed by atoms with Crippen molar-refractivity contribution in [1.82, 2.24) is 0 Å². The van der Waals surface area contributed by atoms with Gasteiger partial charge in [0.2, 0.25) is 0 Å². The van der Waals surface area contributed by atoms with E-state index < -0.39 is 0 Å². The molecular formula is C16H28. The van der Waals surface area contributed by atoms with Crippen LogP contribution in [-0.4, -0.2) is 0 Å². The SMILES string of the molecule is CC.CCC(C)(CC)c1ccc(C)cc1C. The average molecular weight is 220 g/mol. The van der Waals surface area contributed by atoms with Crippen molar-refractivity contribution in [2.24, 2.45) is 0 Å². The highest BCUT2D eigenvalue weighted by Gasteiger charge is 2.23. The second-order valence-corrected chi connectivity index (χ2v) is 4.59. The molecule has 0 aliphatic carbocycles. The van der Waals surface area contributed by atoms with Crippen LogP contribution in [-0.2, 0) is 5.41 Å². The lowest BCUT2D eigenvalue weighted by Gasteiger charge is -2.29. The first kappa shape index (κ1) is 15.2. The summed E-state index contributed by atoms with van der Waals surface area (Å²) in [6.45, 7) is 15.3. The Kier molecular flexibility index (Phi) is 6.40. The van der Waals surface area contributed by atoms with Crippen LogP contribution in [0.2, 0.25) is 0 Å². The Morgan fingerprint density at radius 2 is 1.50 bits per heavy atom. The first-order valence-corrected chi connectivity index (χ1v) is 6.61. The molecule has 0 N–H and O–H groups in total. The third-order valence-corrected chi connectivity index (χ3v) is 3.59. The van der Waals surface area contributed by atoms with E-state index in [1.807, 2.05) is 13.8 Å². The Bertz CT molecular complexity index is 306. The van der Waals surface area contributed by atoms with Gasteiger partial charge in [-0.3, -0.25) is 0 Å². The number of hydrogen-bond donors (Lipinski definition) is 0. The van der Waals surface area contributed by atoms with E-state index in [4.69, 9.17) is 0 Å². The van der Waals surface area contributed by atoms with Gasteiger partial charge in [0, 0.05) is 0 Å². The lowest BCUT2D eigenvalue weighted by atomic mass is 9.76. The summed E-state index contributed by atoms with van der Waals surface area (Å²) in [5.41, 5.74) is 4.68. The third-order valence-electron chi connectivity index (χ3n) is 3.59. The lowest BCUT2D eigenvalue weighted by molar-refractivity contribution is 0.436. The van der Waals surface area contributed by atoms with Crippen molar-refractivity contribution in [1.29, 1.82) is 0 Å². The molecule has 0 unspecified atom stereocenters. The van der Waals surface area contributed by atoms with E-state index >= 15 is 0 Å². The summed E-state index contributed by atoms with van der Waals surface area (Å²) in [5.74, 6) is 0. The standard InChI is InChI=1S/C14H22.C2H6/c1-6-14(5,7-2)13-9-8-11(3)10-12(13)4;1-2/h8-10H,6-7H2,1-5H3;1-2H3. The van der Waals surface area contributed by atoms with Gasteiger partial charge in [0.1, 0.15) is 0 Å². The Morgan fingerprint density at radius 1 is 1.00 bits per heavy atom. The van der Waals surface area contributed by atoms with Crippen molar-refractivity contribution in [2.45, 2.75) is 66.7 Å². The Balaban J connectivity index is 0.00000106. The number of hydrogen-bond acceptors (Lipinski definition) is 0. The van der Waals surface area contributed by atoms with E-state index in [0.29, 0.717) is 5.41 Å². The first-order chi connectivity index (χ1) is 7.53. The molecule has 0 saturated carbocycles. The van der Waals surface area contributed by atoms with E-state index in [-0.39, 0.29) is 0 Å². The molecule has 0 spiro atoms. The van der Waals surface area contributed by atoms with Gasteiger partial charge in [-0.1, -0.05) is 58.4 Å². The molecular weight excluding hydrogens is 192 g/mol. The highest BCUT2D eigenvalue weighted by atomic mass is 14.3. The molecule has 0 aliphatic rings. The molecule has 0 fully saturated rings. The molecule has 0 nitrogen and oxygen atoms in total. The third kappa shape index (κ3) is 3.37. The summed E-state index contributed by atoms with van der Waals surface area (Å²) < 4.78 is 0. The van der Waals surface area contributed by atoms with Crippen molar-refractivity contribution >= 4 is 0 Å². The summed E-state index contributed by atoms with van der Waals surface area (Å²) in [7, 11) is 0. The van der Waals surface area contributed by atoms with Gasteiger partial charge in [-0.2, -0.15) is 0 Å². The van der Waals surface area contributed by atoms with E-state index in [1.165, 1.54) is 29.5 Å². The van der Waals surface area contributed by atoms with Crippen LogP contribution in [0.25, 0.3) is 0 Å². The molecule has 1 rings (SSSR count). The minimum Gasteiger partial charge on any atom is -0.0683 e. The first-order valence-electron chi connectivity index (χ1n) is 6.61. The minimum absolute atomic E-state index is 0.359. The normalized spacial score (nSPS) is 10.7. The maximum absolute atomic E-state index is 2.37. The summed E-state index contributed by atoms with van der Waals surface area (Å²) in [4.78, 5) is 0. The van der Waals surface area contributed by atoms with Gasteiger partial charge in [0.15, 0.2) is 0 Å². The topological polar surface area (TPSA) is 0 Å². The van der Waals surface area contributed by atoms with Crippen LogP contribution >= 0.6 is 0 Å². The predicted molar refractivity (Wildman–Crippen MR) is 75.2 cm³/mol. The number of benzene rings is 1. The Morgan fingerprint density at radius 3 is 1.88 bits per heavy atom. The fourth-order valence-electron chi connectivity index (χ4n) is 2.12. The van der Waals surface area contributed by atoms with Crippen LogP contribution in [0.5, 0.6) is 0 Å². The van der Waals surface area contributed by atoms with Crippen LogP contribution in [0, 0.1) is 13.8 Å². The molecule has 0 radical (unpaired) electrons. The van der Waals surface area contributed by atoms with Gasteiger partial charge in [0.05, 0.1) is 0 Å². The molecule has 0 atom stereocenters. The van der Waals surface area contributed by atoms with E-state index in [0.717, 1.165) is 0 Å². The van der Waals surface area contributed by atoms with Gasteiger partial charge in [-0.05, 0) is 43.2 Å². The average Bonchev–Trinajstić information content (AvgIpc) is 2.31. The molecule has 0 aliphatic heterocycles. The van der Waals surface area contributed by atoms with Crippen molar-refractivity contribution < 1.29 is 0 Å². The van der Waals surface area contributed by atoms with Crippen LogP contribution in [0.1, 0.15) is 64.2 Å². The Labute approximate surface area is 102 Å². The minimum atomic E-state index is 0.359. The molecule has 0 bridgehead atoms. The quantitative estimate of drug-likeness (QED) is 0.639. The van der Waals surface area contributed by atoms with Crippen molar-refractivity contribution in [2.75, 3.05) is 0 Å². The molecule has 0 heterocycles. The fourth-order valence-corrected chi connectivity index (χ4v) is 2.12. The summed E-state index contributed by atoms with van der Waals surface area (Å²) in [6.07, 6.45) is 2.43. The van der Waals surface area contributed by atoms with Gasteiger partial charge >= 0.3 is 0 Å².